The summed E-state index contributed by atoms with van der Waals surface area (Å²) < 4.78 is 11.2. The van der Waals surface area contributed by atoms with E-state index >= 15 is 0 Å². The molecule has 0 heterocycles. The molecule has 0 aliphatic heterocycles. The lowest BCUT2D eigenvalue weighted by molar-refractivity contribution is -0.145. The van der Waals surface area contributed by atoms with E-state index in [0.29, 0.717) is 0 Å². The highest BCUT2D eigenvalue weighted by Crippen LogP contribution is 2.37. The molecule has 0 saturated heterocycles. The minimum Gasteiger partial charge on any atom is -0.469 e. The maximum atomic E-state index is 11.5. The van der Waals surface area contributed by atoms with Gasteiger partial charge in [-0.05, 0) is 20.9 Å². The van der Waals surface area contributed by atoms with Gasteiger partial charge in [0.1, 0.15) is 0 Å². The molecule has 9 heteroatoms. The van der Waals surface area contributed by atoms with E-state index in [4.69, 9.17) is 9.96 Å². The maximum absolute atomic E-state index is 11.5. The van der Waals surface area contributed by atoms with Crippen molar-refractivity contribution in [2.24, 2.45) is 5.11 Å². The Balaban J connectivity index is 2.47. The van der Waals surface area contributed by atoms with Crippen molar-refractivity contribution >= 4 is 24.7 Å². The minimum atomic E-state index is -2.93. The third kappa shape index (κ3) is 5.76. The van der Waals surface area contributed by atoms with Crippen LogP contribution in [0, 0.1) is 0 Å². The van der Waals surface area contributed by atoms with Crippen molar-refractivity contribution in [1.29, 1.82) is 0 Å². The van der Waals surface area contributed by atoms with E-state index in [9.17, 15) is 15.0 Å². The van der Waals surface area contributed by atoms with Crippen molar-refractivity contribution in [3.8, 4) is 0 Å². The van der Waals surface area contributed by atoms with E-state index < -0.39 is 39.0 Å². The van der Waals surface area contributed by atoms with Gasteiger partial charge in [0.15, 0.2) is 0 Å². The fraction of sp³-hybridized carbons (Fsp3) is 0.435. The number of carbonyl (C=O) groups excluding carboxylic acids is 1. The van der Waals surface area contributed by atoms with Crippen LogP contribution in [0.2, 0.25) is 5.04 Å². The molecule has 8 nitrogen and oxygen atoms in total. The number of nitrogens with zero attached hydrogens (tertiary/aromatic N) is 3. The predicted molar refractivity (Wildman–Crippen MR) is 125 cm³/mol. The molecule has 2 rings (SSSR count). The monoisotopic (exact) mass is 457 g/mol. The van der Waals surface area contributed by atoms with Crippen LogP contribution in [0.4, 0.5) is 0 Å². The van der Waals surface area contributed by atoms with Crippen LogP contribution in [-0.4, -0.2) is 56.5 Å². The van der Waals surface area contributed by atoms with Crippen molar-refractivity contribution < 1.29 is 24.2 Å². The Morgan fingerprint density at radius 1 is 1.06 bits per heavy atom. The van der Waals surface area contributed by atoms with Gasteiger partial charge >= 0.3 is 5.97 Å². The van der Waals surface area contributed by atoms with Crippen LogP contribution in [0.5, 0.6) is 0 Å². The fourth-order valence-corrected chi connectivity index (χ4v) is 8.45. The van der Waals surface area contributed by atoms with Gasteiger partial charge < -0.3 is 19.4 Å². The molecular formula is C23H31N3O5Si. The number of carbonyl (C=O) groups is 1. The molecule has 2 aromatic carbocycles. The molecule has 0 saturated carbocycles. The van der Waals surface area contributed by atoms with Gasteiger partial charge in [0.05, 0.1) is 31.8 Å². The van der Waals surface area contributed by atoms with E-state index in [-0.39, 0.29) is 11.6 Å². The smallest absolute Gasteiger partial charge is 0.308 e. The maximum Gasteiger partial charge on any atom is 0.308 e. The predicted octanol–water partition coefficient (Wildman–Crippen LogP) is 2.53. The molecule has 0 aliphatic rings. The van der Waals surface area contributed by atoms with Gasteiger partial charge in [0.25, 0.3) is 8.32 Å². The van der Waals surface area contributed by atoms with Crippen LogP contribution >= 0.6 is 0 Å². The van der Waals surface area contributed by atoms with E-state index in [1.165, 1.54) is 7.11 Å². The summed E-state index contributed by atoms with van der Waals surface area (Å²) in [6.07, 6.45) is -3.38. The molecule has 0 fully saturated rings. The SMILES string of the molecule is COC(=O)C[C@H](O)[C@H](O)[C@@H](CO[Si](c1ccccc1)(c1ccccc1)C(C)(C)C)N=[N+]=[N-]. The van der Waals surface area contributed by atoms with Gasteiger partial charge in [-0.25, -0.2) is 0 Å². The van der Waals surface area contributed by atoms with Crippen molar-refractivity contribution in [3.63, 3.8) is 0 Å². The van der Waals surface area contributed by atoms with E-state index in [1.54, 1.807) is 0 Å². The molecule has 0 radical (unpaired) electrons. The number of aliphatic hydroxyl groups excluding tert-OH is 2. The highest BCUT2D eigenvalue weighted by molar-refractivity contribution is 6.99. The van der Waals surface area contributed by atoms with Crippen LogP contribution < -0.4 is 10.4 Å². The second kappa shape index (κ2) is 11.3. The molecule has 0 unspecified atom stereocenters. The Morgan fingerprint density at radius 2 is 1.56 bits per heavy atom. The van der Waals surface area contributed by atoms with Crippen LogP contribution in [-0.2, 0) is 14.0 Å². The first kappa shape index (κ1) is 25.6. The first-order valence-electron chi connectivity index (χ1n) is 10.4. The van der Waals surface area contributed by atoms with Crippen molar-refractivity contribution in [2.45, 2.75) is 50.5 Å². The Kier molecular flexibility index (Phi) is 9.00. The number of azide groups is 1. The third-order valence-corrected chi connectivity index (χ3v) is 10.5. The molecule has 2 N–H and O–H groups in total. The fourth-order valence-electron chi connectivity index (χ4n) is 3.87. The minimum absolute atomic E-state index is 0.128. The van der Waals surface area contributed by atoms with Crippen molar-refractivity contribution in [2.75, 3.05) is 13.7 Å². The van der Waals surface area contributed by atoms with Gasteiger partial charge in [-0.1, -0.05) is 86.5 Å². The number of ether oxygens (including phenoxy) is 1. The van der Waals surface area contributed by atoms with Gasteiger partial charge in [-0.15, -0.1) is 0 Å². The number of aliphatic hydroxyl groups is 2. The number of benzene rings is 2. The first-order valence-corrected chi connectivity index (χ1v) is 12.3. The molecular weight excluding hydrogens is 426 g/mol. The molecule has 3 atom stereocenters. The summed E-state index contributed by atoms with van der Waals surface area (Å²) >= 11 is 0. The van der Waals surface area contributed by atoms with Gasteiger partial charge in [-0.3, -0.25) is 4.79 Å². The summed E-state index contributed by atoms with van der Waals surface area (Å²) in [7, 11) is -1.74. The quantitative estimate of drug-likeness (QED) is 0.186. The lowest BCUT2D eigenvalue weighted by Crippen LogP contribution is -2.67. The number of esters is 1. The topological polar surface area (TPSA) is 125 Å². The highest BCUT2D eigenvalue weighted by Gasteiger charge is 2.50. The van der Waals surface area contributed by atoms with Crippen LogP contribution in [0.1, 0.15) is 27.2 Å². The van der Waals surface area contributed by atoms with Crippen molar-refractivity contribution in [1.82, 2.24) is 0 Å². The Labute approximate surface area is 189 Å². The number of hydrogen-bond donors (Lipinski definition) is 2. The number of methoxy groups -OCH3 is 1. The molecule has 0 spiro atoms. The molecule has 2 aromatic rings. The Morgan fingerprint density at radius 3 is 1.97 bits per heavy atom. The number of rotatable bonds is 10. The van der Waals surface area contributed by atoms with Crippen LogP contribution in [0.15, 0.2) is 65.8 Å². The molecule has 0 aromatic heterocycles. The van der Waals surface area contributed by atoms with Crippen LogP contribution in [0.3, 0.4) is 0 Å². The lowest BCUT2D eigenvalue weighted by Gasteiger charge is -2.43. The molecule has 32 heavy (non-hydrogen) atoms. The van der Waals surface area contributed by atoms with E-state index in [1.807, 2.05) is 60.7 Å². The van der Waals surface area contributed by atoms with E-state index in [2.05, 4.69) is 35.5 Å². The summed E-state index contributed by atoms with van der Waals surface area (Å²) in [5.74, 6) is -0.677. The summed E-state index contributed by atoms with van der Waals surface area (Å²) in [6.45, 7) is 6.18. The summed E-state index contributed by atoms with van der Waals surface area (Å²) in [6, 6.07) is 18.7. The average Bonchev–Trinajstić information content (AvgIpc) is 2.78. The molecule has 0 aliphatic carbocycles. The summed E-state index contributed by atoms with van der Waals surface area (Å²) in [5.41, 5.74) is 9.05. The zero-order valence-corrected chi connectivity index (χ0v) is 19.9. The Hall–Kier alpha value is -2.68. The third-order valence-electron chi connectivity index (χ3n) is 5.48. The normalized spacial score (nSPS) is 14.7. The lowest BCUT2D eigenvalue weighted by atomic mass is 10.0. The molecule has 0 amide bonds. The largest absolute Gasteiger partial charge is 0.469 e. The first-order chi connectivity index (χ1) is 15.2. The Bertz CT molecular complexity index is 875. The molecule has 0 bridgehead atoms. The average molecular weight is 458 g/mol. The summed E-state index contributed by atoms with van der Waals surface area (Å²) in [5, 5.41) is 26.3. The standard InChI is InChI=1S/C23H31N3O5Si/c1-23(2,3)32(17-11-7-5-8-12-17,18-13-9-6-10-14-18)31-16-19(25-26-24)22(29)20(27)15-21(28)30-4/h5-14,19-20,22,27,29H,15-16H2,1-4H3/t19-,20+,22-/m1/s1. The zero-order chi connectivity index (χ0) is 23.8. The van der Waals surface area contributed by atoms with Crippen LogP contribution in [0.25, 0.3) is 10.4 Å². The van der Waals surface area contributed by atoms with Crippen molar-refractivity contribution in [3.05, 3.63) is 71.1 Å². The summed E-state index contributed by atoms with van der Waals surface area (Å²) in [4.78, 5) is 14.3. The van der Waals surface area contributed by atoms with E-state index in [0.717, 1.165) is 10.4 Å². The van der Waals surface area contributed by atoms with Gasteiger partial charge in [-0.2, -0.15) is 0 Å². The molecule has 172 valence electrons. The highest BCUT2D eigenvalue weighted by atomic mass is 28.4. The zero-order valence-electron chi connectivity index (χ0n) is 18.9. The second-order valence-electron chi connectivity index (χ2n) is 8.58. The number of hydrogen-bond acceptors (Lipinski definition) is 6. The second-order valence-corrected chi connectivity index (χ2v) is 12.9. The van der Waals surface area contributed by atoms with Gasteiger partial charge in [0.2, 0.25) is 0 Å². The van der Waals surface area contributed by atoms with Gasteiger partial charge in [0, 0.05) is 11.5 Å².